The smallest absolute Gasteiger partial charge is 0.323 e. The molecule has 18 heavy (non-hydrogen) atoms. The summed E-state index contributed by atoms with van der Waals surface area (Å²) in [5, 5.41) is 9.11. The lowest BCUT2D eigenvalue weighted by atomic mass is 9.99. The molecular formula is C12H20N4O2. The third-order valence-electron chi connectivity index (χ3n) is 3.88. The van der Waals surface area contributed by atoms with Crippen molar-refractivity contribution >= 4 is 5.97 Å². The molecule has 2 atom stereocenters. The van der Waals surface area contributed by atoms with Crippen LogP contribution in [0.1, 0.15) is 25.1 Å². The summed E-state index contributed by atoms with van der Waals surface area (Å²) in [6.07, 6.45) is 5.54. The van der Waals surface area contributed by atoms with E-state index in [4.69, 9.17) is 10.8 Å². The van der Waals surface area contributed by atoms with Gasteiger partial charge in [0.2, 0.25) is 0 Å². The number of aromatic nitrogens is 2. The Morgan fingerprint density at radius 3 is 3.00 bits per heavy atom. The molecule has 1 fully saturated rings. The molecule has 1 saturated carbocycles. The lowest BCUT2D eigenvalue weighted by molar-refractivity contribution is -0.143. The molecule has 0 aromatic carbocycles. The van der Waals surface area contributed by atoms with Crippen molar-refractivity contribution in [1.29, 1.82) is 0 Å². The van der Waals surface area contributed by atoms with Gasteiger partial charge in [0.1, 0.15) is 11.4 Å². The van der Waals surface area contributed by atoms with Gasteiger partial charge in [0, 0.05) is 25.5 Å². The SMILES string of the molecule is CN(Cc1nccn1C)C1CCC(N)(C(=O)O)C1. The van der Waals surface area contributed by atoms with Gasteiger partial charge in [-0.25, -0.2) is 4.98 Å². The first-order valence-electron chi connectivity index (χ1n) is 6.11. The van der Waals surface area contributed by atoms with Gasteiger partial charge in [0.05, 0.1) is 6.54 Å². The van der Waals surface area contributed by atoms with Crippen LogP contribution in [-0.2, 0) is 18.4 Å². The number of carbonyl (C=O) groups is 1. The molecule has 1 aromatic heterocycles. The van der Waals surface area contributed by atoms with Crippen molar-refractivity contribution in [2.75, 3.05) is 7.05 Å². The fraction of sp³-hybridized carbons (Fsp3) is 0.667. The molecule has 1 heterocycles. The van der Waals surface area contributed by atoms with E-state index in [1.807, 2.05) is 24.9 Å². The average molecular weight is 252 g/mol. The molecule has 6 nitrogen and oxygen atoms in total. The number of rotatable bonds is 4. The van der Waals surface area contributed by atoms with E-state index in [9.17, 15) is 4.79 Å². The van der Waals surface area contributed by atoms with Gasteiger partial charge in [0.25, 0.3) is 0 Å². The van der Waals surface area contributed by atoms with E-state index in [0.717, 1.165) is 12.2 Å². The zero-order chi connectivity index (χ0) is 13.3. The second-order valence-corrected chi connectivity index (χ2v) is 5.23. The van der Waals surface area contributed by atoms with E-state index in [-0.39, 0.29) is 6.04 Å². The maximum atomic E-state index is 11.1. The van der Waals surface area contributed by atoms with Crippen LogP contribution in [0.5, 0.6) is 0 Å². The molecule has 1 aromatic rings. The molecule has 0 saturated heterocycles. The summed E-state index contributed by atoms with van der Waals surface area (Å²) < 4.78 is 1.97. The molecule has 2 unspecified atom stereocenters. The first-order chi connectivity index (χ1) is 8.42. The Hall–Kier alpha value is -1.40. The summed E-state index contributed by atoms with van der Waals surface area (Å²) in [6, 6.07) is 0.211. The fourth-order valence-electron chi connectivity index (χ4n) is 2.52. The molecule has 0 spiro atoms. The van der Waals surface area contributed by atoms with Crippen molar-refractivity contribution < 1.29 is 9.90 Å². The third-order valence-corrected chi connectivity index (χ3v) is 3.88. The highest BCUT2D eigenvalue weighted by Crippen LogP contribution is 2.31. The quantitative estimate of drug-likeness (QED) is 0.799. The van der Waals surface area contributed by atoms with Gasteiger partial charge in [-0.1, -0.05) is 0 Å². The highest BCUT2D eigenvalue weighted by molar-refractivity contribution is 5.79. The number of nitrogens with zero attached hydrogens (tertiary/aromatic N) is 3. The molecule has 6 heteroatoms. The number of hydrogen-bond acceptors (Lipinski definition) is 4. The van der Waals surface area contributed by atoms with Crippen molar-refractivity contribution in [2.24, 2.45) is 12.8 Å². The van der Waals surface area contributed by atoms with Crippen LogP contribution in [0.2, 0.25) is 0 Å². The molecule has 0 radical (unpaired) electrons. The molecular weight excluding hydrogens is 232 g/mol. The van der Waals surface area contributed by atoms with Crippen LogP contribution in [0.25, 0.3) is 0 Å². The van der Waals surface area contributed by atoms with Crippen molar-refractivity contribution in [3.8, 4) is 0 Å². The molecule has 2 rings (SSSR count). The lowest BCUT2D eigenvalue weighted by Gasteiger charge is -2.25. The van der Waals surface area contributed by atoms with Crippen molar-refractivity contribution in [1.82, 2.24) is 14.5 Å². The standard InChI is InChI=1S/C12H20N4O2/c1-15-6-5-14-10(15)8-16(2)9-3-4-12(13,7-9)11(17)18/h5-6,9H,3-4,7-8,13H2,1-2H3,(H,17,18). The minimum atomic E-state index is -1.05. The highest BCUT2D eigenvalue weighted by Gasteiger charge is 2.43. The van der Waals surface area contributed by atoms with Crippen LogP contribution < -0.4 is 5.73 Å². The summed E-state index contributed by atoms with van der Waals surface area (Å²) in [6.45, 7) is 0.712. The van der Waals surface area contributed by atoms with Crippen molar-refractivity contribution in [2.45, 2.75) is 37.4 Å². The monoisotopic (exact) mass is 252 g/mol. The van der Waals surface area contributed by atoms with Crippen molar-refractivity contribution in [3.05, 3.63) is 18.2 Å². The van der Waals surface area contributed by atoms with E-state index in [1.54, 1.807) is 6.20 Å². The summed E-state index contributed by atoms with van der Waals surface area (Å²) in [4.78, 5) is 17.5. The molecule has 1 aliphatic rings. The largest absolute Gasteiger partial charge is 0.480 e. The Labute approximate surface area is 106 Å². The number of hydrogen-bond donors (Lipinski definition) is 2. The lowest BCUT2D eigenvalue weighted by Crippen LogP contribution is -2.47. The number of carboxylic acid groups (broad SMARTS) is 1. The fourth-order valence-corrected chi connectivity index (χ4v) is 2.52. The zero-order valence-corrected chi connectivity index (χ0v) is 10.8. The van der Waals surface area contributed by atoms with Crippen molar-refractivity contribution in [3.63, 3.8) is 0 Å². The molecule has 0 aliphatic heterocycles. The van der Waals surface area contributed by atoms with Gasteiger partial charge in [-0.3, -0.25) is 9.69 Å². The van der Waals surface area contributed by atoms with Gasteiger partial charge in [-0.05, 0) is 26.3 Å². The minimum absolute atomic E-state index is 0.211. The molecule has 0 amide bonds. The Morgan fingerprint density at radius 1 is 1.78 bits per heavy atom. The van der Waals surface area contributed by atoms with Gasteiger partial charge >= 0.3 is 5.97 Å². The maximum absolute atomic E-state index is 11.1. The predicted molar refractivity (Wildman–Crippen MR) is 66.9 cm³/mol. The first-order valence-corrected chi connectivity index (χ1v) is 6.11. The summed E-state index contributed by atoms with van der Waals surface area (Å²) in [5.74, 6) is 0.0812. The van der Waals surface area contributed by atoms with E-state index in [2.05, 4.69) is 9.88 Å². The van der Waals surface area contributed by atoms with Crippen LogP contribution >= 0.6 is 0 Å². The predicted octanol–water partition coefficient (Wildman–Crippen LogP) is 0.187. The van der Waals surface area contributed by atoms with Crippen LogP contribution in [0.3, 0.4) is 0 Å². The van der Waals surface area contributed by atoms with Crippen LogP contribution in [0.15, 0.2) is 12.4 Å². The average Bonchev–Trinajstić information content (AvgIpc) is 2.87. The highest BCUT2D eigenvalue weighted by atomic mass is 16.4. The second kappa shape index (κ2) is 4.70. The van der Waals surface area contributed by atoms with E-state index in [0.29, 0.717) is 19.4 Å². The zero-order valence-electron chi connectivity index (χ0n) is 10.8. The van der Waals surface area contributed by atoms with Gasteiger partial charge in [-0.2, -0.15) is 0 Å². The number of imidazole rings is 1. The molecule has 100 valence electrons. The van der Waals surface area contributed by atoms with Crippen LogP contribution in [0.4, 0.5) is 0 Å². The second-order valence-electron chi connectivity index (χ2n) is 5.23. The number of aliphatic carboxylic acids is 1. The first kappa shape index (κ1) is 13.0. The number of aryl methyl sites for hydroxylation is 1. The molecule has 1 aliphatic carbocycles. The van der Waals surface area contributed by atoms with Gasteiger partial charge in [0.15, 0.2) is 0 Å². The topological polar surface area (TPSA) is 84.4 Å². The Morgan fingerprint density at radius 2 is 2.50 bits per heavy atom. The van der Waals surface area contributed by atoms with Crippen LogP contribution in [0, 0.1) is 0 Å². The number of carboxylic acids is 1. The summed E-state index contributed by atoms with van der Waals surface area (Å²) >= 11 is 0. The third kappa shape index (κ3) is 2.39. The molecule has 3 N–H and O–H groups in total. The summed E-state index contributed by atoms with van der Waals surface area (Å²) in [5.41, 5.74) is 4.83. The Kier molecular flexibility index (Phi) is 3.41. The Bertz CT molecular complexity index is 445. The molecule has 0 bridgehead atoms. The van der Waals surface area contributed by atoms with Gasteiger partial charge < -0.3 is 15.4 Å². The summed E-state index contributed by atoms with van der Waals surface area (Å²) in [7, 11) is 3.95. The number of nitrogens with two attached hydrogens (primary N) is 1. The maximum Gasteiger partial charge on any atom is 0.323 e. The van der Waals surface area contributed by atoms with E-state index < -0.39 is 11.5 Å². The normalized spacial score (nSPS) is 27.9. The minimum Gasteiger partial charge on any atom is -0.480 e. The van der Waals surface area contributed by atoms with E-state index in [1.165, 1.54) is 0 Å². The Balaban J connectivity index is 1.98. The van der Waals surface area contributed by atoms with E-state index >= 15 is 0 Å². The van der Waals surface area contributed by atoms with Crippen LogP contribution in [-0.4, -0.2) is 44.2 Å². The van der Waals surface area contributed by atoms with Gasteiger partial charge in [-0.15, -0.1) is 0 Å².